The van der Waals surface area contributed by atoms with Gasteiger partial charge in [-0.25, -0.2) is 0 Å². The van der Waals surface area contributed by atoms with Crippen LogP contribution in [-0.4, -0.2) is 35.0 Å². The van der Waals surface area contributed by atoms with Gasteiger partial charge in [0.1, 0.15) is 11.9 Å². The number of amides is 1. The fourth-order valence-corrected chi connectivity index (χ4v) is 2.76. The van der Waals surface area contributed by atoms with Gasteiger partial charge in [0.05, 0.1) is 6.54 Å². The average Bonchev–Trinajstić information content (AvgIpc) is 2.38. The third-order valence-electron chi connectivity index (χ3n) is 4.10. The van der Waals surface area contributed by atoms with Gasteiger partial charge in [0.15, 0.2) is 0 Å². The highest BCUT2D eigenvalue weighted by atomic mass is 16.5. The maximum Gasteiger partial charge on any atom is 0.225 e. The monoisotopic (exact) mass is 260 g/mol. The van der Waals surface area contributed by atoms with Gasteiger partial charge in [-0.05, 0) is 37.8 Å². The van der Waals surface area contributed by atoms with Crippen LogP contribution in [0.4, 0.5) is 0 Å². The van der Waals surface area contributed by atoms with Crippen LogP contribution >= 0.6 is 0 Å². The Bertz CT molecular complexity index is 431. The minimum atomic E-state index is 0.125. The lowest BCUT2D eigenvalue weighted by Crippen LogP contribution is -2.47. The van der Waals surface area contributed by atoms with Gasteiger partial charge in [0, 0.05) is 24.9 Å². The Labute approximate surface area is 113 Å². The van der Waals surface area contributed by atoms with Crippen molar-refractivity contribution in [1.29, 1.82) is 0 Å². The number of aromatic nitrogens is 1. The van der Waals surface area contributed by atoms with Crippen molar-refractivity contribution in [2.24, 2.45) is 5.92 Å². The van der Waals surface area contributed by atoms with Gasteiger partial charge in [-0.15, -0.1) is 0 Å². The highest BCUT2D eigenvalue weighted by Gasteiger charge is 2.32. The van der Waals surface area contributed by atoms with E-state index in [1.165, 1.54) is 6.42 Å². The van der Waals surface area contributed by atoms with E-state index >= 15 is 0 Å². The average molecular weight is 260 g/mol. The number of hydrogen-bond acceptors (Lipinski definition) is 3. The number of carbonyl (C=O) groups is 1. The fourth-order valence-electron chi connectivity index (χ4n) is 2.76. The lowest BCUT2D eigenvalue weighted by molar-refractivity contribution is -0.140. The number of ether oxygens (including phenoxy) is 1. The summed E-state index contributed by atoms with van der Waals surface area (Å²) >= 11 is 0. The quantitative estimate of drug-likeness (QED) is 0.837. The summed E-state index contributed by atoms with van der Waals surface area (Å²) in [5, 5.41) is 0. The van der Waals surface area contributed by atoms with Crippen LogP contribution in [0.25, 0.3) is 0 Å². The Morgan fingerprint density at radius 1 is 1.21 bits per heavy atom. The summed E-state index contributed by atoms with van der Waals surface area (Å²) in [6.07, 6.45) is 9.01. The summed E-state index contributed by atoms with van der Waals surface area (Å²) in [5.41, 5.74) is 0. The van der Waals surface area contributed by atoms with Crippen LogP contribution in [0.3, 0.4) is 0 Å². The summed E-state index contributed by atoms with van der Waals surface area (Å²) in [6, 6.07) is 3.74. The van der Waals surface area contributed by atoms with Crippen molar-refractivity contribution < 1.29 is 9.53 Å². The molecule has 0 aromatic carbocycles. The minimum absolute atomic E-state index is 0.125. The van der Waals surface area contributed by atoms with E-state index in [9.17, 15) is 4.79 Å². The number of rotatable bonds is 3. The molecule has 1 aliphatic carbocycles. The van der Waals surface area contributed by atoms with Gasteiger partial charge in [0.2, 0.25) is 5.91 Å². The van der Waals surface area contributed by atoms with E-state index in [1.807, 2.05) is 17.0 Å². The Hall–Kier alpha value is -1.58. The van der Waals surface area contributed by atoms with Gasteiger partial charge in [0.25, 0.3) is 0 Å². The zero-order valence-electron chi connectivity index (χ0n) is 11.1. The van der Waals surface area contributed by atoms with Gasteiger partial charge >= 0.3 is 0 Å². The number of likely N-dealkylation sites (tertiary alicyclic amines) is 1. The molecule has 1 atom stereocenters. The van der Waals surface area contributed by atoms with Crippen molar-refractivity contribution in [3.63, 3.8) is 0 Å². The maximum atomic E-state index is 12.2. The van der Waals surface area contributed by atoms with Crippen molar-refractivity contribution in [3.05, 3.63) is 24.5 Å². The first-order chi connectivity index (χ1) is 9.33. The Balaban J connectivity index is 1.57. The molecule has 102 valence electrons. The number of piperidine rings is 1. The highest BCUT2D eigenvalue weighted by molar-refractivity contribution is 5.79. The summed E-state index contributed by atoms with van der Waals surface area (Å²) in [4.78, 5) is 18.2. The van der Waals surface area contributed by atoms with Crippen molar-refractivity contribution >= 4 is 5.91 Å². The summed E-state index contributed by atoms with van der Waals surface area (Å²) in [6.45, 7) is 1.63. The molecule has 1 aromatic rings. The van der Waals surface area contributed by atoms with E-state index < -0.39 is 0 Å². The number of hydrogen-bond donors (Lipinski definition) is 0. The van der Waals surface area contributed by atoms with E-state index in [-0.39, 0.29) is 6.10 Å². The Morgan fingerprint density at radius 3 is 2.68 bits per heavy atom. The lowest BCUT2D eigenvalue weighted by atomic mass is 9.84. The highest BCUT2D eigenvalue weighted by Crippen LogP contribution is 2.29. The van der Waals surface area contributed by atoms with Crippen LogP contribution < -0.4 is 4.74 Å². The molecule has 0 bridgehead atoms. The van der Waals surface area contributed by atoms with Crippen LogP contribution in [0.15, 0.2) is 24.5 Å². The molecule has 19 heavy (non-hydrogen) atoms. The van der Waals surface area contributed by atoms with Crippen LogP contribution in [-0.2, 0) is 4.79 Å². The van der Waals surface area contributed by atoms with Crippen LogP contribution in [0.5, 0.6) is 5.75 Å². The topological polar surface area (TPSA) is 42.4 Å². The molecule has 1 saturated heterocycles. The molecule has 0 N–H and O–H groups in total. The molecular formula is C15H20N2O2. The molecule has 2 heterocycles. The fraction of sp³-hybridized carbons (Fsp3) is 0.600. The van der Waals surface area contributed by atoms with E-state index in [1.54, 1.807) is 12.4 Å². The molecule has 2 aliphatic rings. The summed E-state index contributed by atoms with van der Waals surface area (Å²) < 4.78 is 5.93. The molecule has 1 unspecified atom stereocenters. The van der Waals surface area contributed by atoms with Gasteiger partial charge < -0.3 is 9.64 Å². The van der Waals surface area contributed by atoms with Crippen molar-refractivity contribution in [2.75, 3.05) is 13.1 Å². The van der Waals surface area contributed by atoms with E-state index in [2.05, 4.69) is 4.98 Å². The molecule has 1 saturated carbocycles. The maximum absolute atomic E-state index is 12.2. The van der Waals surface area contributed by atoms with Crippen LogP contribution in [0.2, 0.25) is 0 Å². The standard InChI is InChI=1S/C15H20N2O2/c18-15(12-3-1-4-12)17-10-2-5-14(11-17)19-13-6-8-16-9-7-13/h6-9,12,14H,1-5,10-11H2. The predicted octanol–water partition coefficient (Wildman–Crippen LogP) is 2.25. The molecule has 0 spiro atoms. The molecule has 1 amide bonds. The van der Waals surface area contributed by atoms with E-state index in [4.69, 9.17) is 4.74 Å². The van der Waals surface area contributed by atoms with Crippen LogP contribution in [0, 0.1) is 5.92 Å². The molecule has 3 rings (SSSR count). The van der Waals surface area contributed by atoms with Crippen LogP contribution in [0.1, 0.15) is 32.1 Å². The van der Waals surface area contributed by atoms with Gasteiger partial charge in [-0.2, -0.15) is 0 Å². The third kappa shape index (κ3) is 2.88. The van der Waals surface area contributed by atoms with Crippen molar-refractivity contribution in [1.82, 2.24) is 9.88 Å². The van der Waals surface area contributed by atoms with E-state index in [0.29, 0.717) is 11.8 Å². The normalized spacial score (nSPS) is 23.8. The molecule has 4 heteroatoms. The second-order valence-electron chi connectivity index (χ2n) is 5.48. The zero-order valence-corrected chi connectivity index (χ0v) is 11.1. The minimum Gasteiger partial charge on any atom is -0.488 e. The molecule has 2 fully saturated rings. The molecule has 4 nitrogen and oxygen atoms in total. The molecule has 1 aliphatic heterocycles. The van der Waals surface area contributed by atoms with E-state index in [0.717, 1.165) is 44.5 Å². The second-order valence-corrected chi connectivity index (χ2v) is 5.48. The van der Waals surface area contributed by atoms with Gasteiger partial charge in [-0.1, -0.05) is 6.42 Å². The number of carbonyl (C=O) groups excluding carboxylic acids is 1. The number of nitrogens with zero attached hydrogens (tertiary/aromatic N) is 2. The second kappa shape index (κ2) is 5.59. The summed E-state index contributed by atoms with van der Waals surface area (Å²) in [5.74, 6) is 1.48. The molecule has 1 aromatic heterocycles. The Morgan fingerprint density at radius 2 is 2.00 bits per heavy atom. The summed E-state index contributed by atoms with van der Waals surface area (Å²) in [7, 11) is 0. The molecular weight excluding hydrogens is 240 g/mol. The smallest absolute Gasteiger partial charge is 0.225 e. The zero-order chi connectivity index (χ0) is 13.1. The third-order valence-corrected chi connectivity index (χ3v) is 4.10. The SMILES string of the molecule is O=C(C1CCC1)N1CCCC(Oc2ccncc2)C1. The largest absolute Gasteiger partial charge is 0.488 e. The first-order valence-electron chi connectivity index (χ1n) is 7.18. The van der Waals surface area contributed by atoms with Gasteiger partial charge in [-0.3, -0.25) is 9.78 Å². The predicted molar refractivity (Wildman–Crippen MR) is 71.8 cm³/mol. The van der Waals surface area contributed by atoms with Crippen molar-refractivity contribution in [3.8, 4) is 5.75 Å². The first kappa shape index (κ1) is 12.5. The molecule has 0 radical (unpaired) electrons. The Kier molecular flexibility index (Phi) is 3.67. The van der Waals surface area contributed by atoms with Crippen molar-refractivity contribution in [2.45, 2.75) is 38.2 Å². The lowest BCUT2D eigenvalue weighted by Gasteiger charge is -2.37. The first-order valence-corrected chi connectivity index (χ1v) is 7.18. The number of pyridine rings is 1.